The van der Waals surface area contributed by atoms with Crippen molar-refractivity contribution in [3.05, 3.63) is 52.0 Å². The molecule has 0 radical (unpaired) electrons. The molecule has 1 aromatic carbocycles. The number of esters is 1. The van der Waals surface area contributed by atoms with E-state index in [1.165, 1.54) is 6.26 Å². The molecule has 26 heavy (non-hydrogen) atoms. The quantitative estimate of drug-likeness (QED) is 0.373. The van der Waals surface area contributed by atoms with Gasteiger partial charge in [-0.1, -0.05) is 13.3 Å². The molecule has 0 saturated carbocycles. The fourth-order valence-electron chi connectivity index (χ4n) is 2.35. The van der Waals surface area contributed by atoms with Gasteiger partial charge in [-0.15, -0.1) is 0 Å². The van der Waals surface area contributed by atoms with E-state index >= 15 is 0 Å². The maximum Gasteiger partial charge on any atom is 0.363 e. The van der Waals surface area contributed by atoms with Gasteiger partial charge in [0.1, 0.15) is 0 Å². The lowest BCUT2D eigenvalue weighted by Crippen LogP contribution is -2.04. The summed E-state index contributed by atoms with van der Waals surface area (Å²) in [6.07, 6.45) is 5.12. The summed E-state index contributed by atoms with van der Waals surface area (Å²) in [5.41, 5.74) is 0.915. The number of carbonyl (C=O) groups is 1. The van der Waals surface area contributed by atoms with Crippen LogP contribution in [0.15, 0.2) is 50.1 Å². The number of carbonyl (C=O) groups excluding carboxylic acids is 1. The van der Waals surface area contributed by atoms with Crippen molar-refractivity contribution in [3.63, 3.8) is 0 Å². The number of unbranched alkanes of at least 4 members (excludes halogenated alkanes) is 1. The van der Waals surface area contributed by atoms with E-state index in [-0.39, 0.29) is 11.6 Å². The second-order valence-corrected chi connectivity index (χ2v) is 6.40. The Hall–Kier alpha value is -2.54. The van der Waals surface area contributed by atoms with Crippen LogP contribution < -0.4 is 9.47 Å². The molecule has 1 aromatic heterocycles. The maximum absolute atomic E-state index is 12.1. The lowest BCUT2D eigenvalue weighted by molar-refractivity contribution is -0.130. The number of rotatable bonds is 7. The van der Waals surface area contributed by atoms with Crippen molar-refractivity contribution in [2.45, 2.75) is 19.8 Å². The van der Waals surface area contributed by atoms with E-state index in [0.717, 1.165) is 22.9 Å². The minimum Gasteiger partial charge on any atom is -0.493 e. The molecule has 1 aliphatic rings. The summed E-state index contributed by atoms with van der Waals surface area (Å²) in [6.45, 7) is 2.71. The van der Waals surface area contributed by atoms with Crippen molar-refractivity contribution in [2.24, 2.45) is 4.99 Å². The van der Waals surface area contributed by atoms with Gasteiger partial charge in [0.25, 0.3) is 5.90 Å². The van der Waals surface area contributed by atoms with Gasteiger partial charge in [0, 0.05) is 0 Å². The molecule has 0 aliphatic carbocycles. The van der Waals surface area contributed by atoms with E-state index in [9.17, 15) is 4.79 Å². The molecule has 2 aromatic rings. The molecule has 2 heterocycles. The van der Waals surface area contributed by atoms with Gasteiger partial charge in [0.05, 0.1) is 24.5 Å². The standard InChI is InChI=1S/C19H18BrNO5/c1-3-4-7-25-17-13(20)9-12(11-16(17)23-2)10-14-19(22)26-18(21-14)15-6-5-8-24-15/h5-6,8-11H,3-4,7H2,1-2H3/b14-10-. The number of aliphatic imine (C=N–C) groups is 1. The van der Waals surface area contributed by atoms with Crippen LogP contribution in [0.2, 0.25) is 0 Å². The SMILES string of the molecule is CCCCOc1c(Br)cc(/C=C2\N=C(c3ccco3)OC2=O)cc1OC. The smallest absolute Gasteiger partial charge is 0.363 e. The van der Waals surface area contributed by atoms with Crippen molar-refractivity contribution in [3.8, 4) is 11.5 Å². The average molecular weight is 420 g/mol. The number of hydrogen-bond acceptors (Lipinski definition) is 6. The van der Waals surface area contributed by atoms with Gasteiger partial charge in [-0.05, 0) is 58.3 Å². The summed E-state index contributed by atoms with van der Waals surface area (Å²) in [5, 5.41) is 0. The highest BCUT2D eigenvalue weighted by molar-refractivity contribution is 9.10. The third-order valence-corrected chi connectivity index (χ3v) is 4.24. The third kappa shape index (κ3) is 3.99. The zero-order chi connectivity index (χ0) is 18.5. The van der Waals surface area contributed by atoms with Gasteiger partial charge in [0.2, 0.25) is 0 Å². The molecule has 0 N–H and O–H groups in total. The van der Waals surface area contributed by atoms with Gasteiger partial charge in [0.15, 0.2) is 23.0 Å². The van der Waals surface area contributed by atoms with Crippen molar-refractivity contribution < 1.29 is 23.4 Å². The van der Waals surface area contributed by atoms with Gasteiger partial charge in [-0.2, -0.15) is 0 Å². The van der Waals surface area contributed by atoms with Crippen molar-refractivity contribution in [1.29, 1.82) is 0 Å². The first-order valence-corrected chi connectivity index (χ1v) is 8.98. The number of methoxy groups -OCH3 is 1. The summed E-state index contributed by atoms with van der Waals surface area (Å²) in [7, 11) is 1.57. The Morgan fingerprint density at radius 1 is 1.35 bits per heavy atom. The van der Waals surface area contributed by atoms with Crippen LogP contribution in [0.25, 0.3) is 6.08 Å². The Morgan fingerprint density at radius 2 is 2.19 bits per heavy atom. The Morgan fingerprint density at radius 3 is 2.88 bits per heavy atom. The molecule has 0 amide bonds. The van der Waals surface area contributed by atoms with E-state index in [2.05, 4.69) is 27.8 Å². The Kier molecular flexibility index (Phi) is 5.78. The van der Waals surface area contributed by atoms with Crippen LogP contribution in [-0.4, -0.2) is 25.6 Å². The molecule has 7 heteroatoms. The van der Waals surface area contributed by atoms with E-state index in [1.807, 2.05) is 6.07 Å². The predicted molar refractivity (Wildman–Crippen MR) is 100 cm³/mol. The minimum absolute atomic E-state index is 0.150. The Bertz CT molecular complexity index is 855. The molecule has 0 spiro atoms. The average Bonchev–Trinajstić information content (AvgIpc) is 3.27. The number of nitrogens with zero attached hydrogens (tertiary/aromatic N) is 1. The second kappa shape index (κ2) is 8.23. The molecule has 0 unspecified atom stereocenters. The highest BCUT2D eigenvalue weighted by Crippen LogP contribution is 2.37. The summed E-state index contributed by atoms with van der Waals surface area (Å²) in [6, 6.07) is 7.00. The van der Waals surface area contributed by atoms with Gasteiger partial charge in [-0.3, -0.25) is 0 Å². The first-order valence-electron chi connectivity index (χ1n) is 8.19. The second-order valence-electron chi connectivity index (χ2n) is 5.55. The van der Waals surface area contributed by atoms with Gasteiger partial charge < -0.3 is 18.6 Å². The summed E-state index contributed by atoms with van der Waals surface area (Å²) in [5.74, 6) is 1.23. The first kappa shape index (κ1) is 18.3. The molecule has 0 saturated heterocycles. The summed E-state index contributed by atoms with van der Waals surface area (Å²) >= 11 is 3.50. The summed E-state index contributed by atoms with van der Waals surface area (Å²) < 4.78 is 22.3. The lowest BCUT2D eigenvalue weighted by atomic mass is 10.1. The maximum atomic E-state index is 12.1. The Balaban J connectivity index is 1.88. The Labute approximate surface area is 159 Å². The van der Waals surface area contributed by atoms with Gasteiger partial charge in [-0.25, -0.2) is 9.79 Å². The predicted octanol–water partition coefficient (Wildman–Crippen LogP) is 4.57. The van der Waals surface area contributed by atoms with Crippen LogP contribution in [0, 0.1) is 0 Å². The molecular formula is C19H18BrNO5. The third-order valence-electron chi connectivity index (χ3n) is 3.65. The highest BCUT2D eigenvalue weighted by Gasteiger charge is 2.26. The molecule has 0 fully saturated rings. The molecule has 136 valence electrons. The molecule has 6 nitrogen and oxygen atoms in total. The lowest BCUT2D eigenvalue weighted by Gasteiger charge is -2.13. The first-order chi connectivity index (χ1) is 12.6. The monoisotopic (exact) mass is 419 g/mol. The minimum atomic E-state index is -0.533. The number of hydrogen-bond donors (Lipinski definition) is 0. The van der Waals surface area contributed by atoms with Gasteiger partial charge >= 0.3 is 5.97 Å². The van der Waals surface area contributed by atoms with Crippen LogP contribution in [0.1, 0.15) is 31.1 Å². The largest absolute Gasteiger partial charge is 0.493 e. The molecule has 0 atom stereocenters. The zero-order valence-electron chi connectivity index (χ0n) is 14.5. The van der Waals surface area contributed by atoms with E-state index in [0.29, 0.717) is 23.9 Å². The number of benzene rings is 1. The molecule has 3 rings (SSSR count). The van der Waals surface area contributed by atoms with E-state index < -0.39 is 5.97 Å². The van der Waals surface area contributed by atoms with Crippen molar-refractivity contribution in [2.75, 3.05) is 13.7 Å². The molecular weight excluding hydrogens is 402 g/mol. The highest BCUT2D eigenvalue weighted by atomic mass is 79.9. The van der Waals surface area contributed by atoms with Crippen LogP contribution >= 0.6 is 15.9 Å². The van der Waals surface area contributed by atoms with E-state index in [4.69, 9.17) is 18.6 Å². The molecule has 1 aliphatic heterocycles. The summed E-state index contributed by atoms with van der Waals surface area (Å²) in [4.78, 5) is 16.3. The number of cyclic esters (lactones) is 1. The number of furan rings is 1. The van der Waals surface area contributed by atoms with E-state index in [1.54, 1.807) is 31.4 Å². The van der Waals surface area contributed by atoms with Crippen LogP contribution in [0.3, 0.4) is 0 Å². The molecule has 0 bridgehead atoms. The fraction of sp³-hybridized carbons (Fsp3) is 0.263. The van der Waals surface area contributed by atoms with Crippen molar-refractivity contribution >= 4 is 33.9 Å². The van der Waals surface area contributed by atoms with Crippen LogP contribution in [-0.2, 0) is 9.53 Å². The topological polar surface area (TPSA) is 70.3 Å². The number of ether oxygens (including phenoxy) is 3. The zero-order valence-corrected chi connectivity index (χ0v) is 16.0. The fourth-order valence-corrected chi connectivity index (χ4v) is 2.93. The van der Waals surface area contributed by atoms with Crippen LogP contribution in [0.4, 0.5) is 0 Å². The number of halogens is 1. The van der Waals surface area contributed by atoms with Crippen molar-refractivity contribution in [1.82, 2.24) is 0 Å². The van der Waals surface area contributed by atoms with Crippen LogP contribution in [0.5, 0.6) is 11.5 Å². The normalized spacial score (nSPS) is 15.1.